The molecule has 0 bridgehead atoms. The number of anilines is 1. The van der Waals surface area contributed by atoms with Gasteiger partial charge >= 0.3 is 0 Å². The normalized spacial score (nSPS) is 11.9. The Hall–Kier alpha value is -3.64. The van der Waals surface area contributed by atoms with Gasteiger partial charge in [0.05, 0.1) is 29.0 Å². The van der Waals surface area contributed by atoms with Gasteiger partial charge in [-0.3, -0.25) is 14.1 Å². The molecule has 4 rings (SSSR count). The molecule has 0 aliphatic heterocycles. The van der Waals surface area contributed by atoms with Gasteiger partial charge in [0.2, 0.25) is 10.0 Å². The van der Waals surface area contributed by atoms with Crippen LogP contribution < -0.4 is 10.3 Å². The first kappa shape index (κ1) is 23.5. The number of sulfonamides is 1. The van der Waals surface area contributed by atoms with E-state index in [9.17, 15) is 13.2 Å². The molecule has 12 heteroatoms. The number of hydrogen-bond acceptors (Lipinski definition) is 8. The van der Waals surface area contributed by atoms with Crippen molar-refractivity contribution in [2.24, 2.45) is 0 Å². The minimum Gasteiger partial charge on any atom is -0.384 e. The fraction of sp³-hybridized carbons (Fsp3) is 0.318. The van der Waals surface area contributed by atoms with E-state index in [1.807, 2.05) is 18.4 Å². The lowest BCUT2D eigenvalue weighted by Crippen LogP contribution is -2.22. The molecule has 3 aromatic heterocycles. The topological polar surface area (TPSA) is 134 Å². The number of pyridine rings is 1. The number of aryl methyl sites for hydroxylation is 1. The summed E-state index contributed by atoms with van der Waals surface area (Å²) in [6.45, 7) is 5.83. The molecule has 0 atom stereocenters. The first-order valence-corrected chi connectivity index (χ1v) is 12.2. The highest BCUT2D eigenvalue weighted by molar-refractivity contribution is 7.92. The molecule has 3 heterocycles. The SMILES string of the molecule is COCCS(=O)(=O)Nc1cc2c(=O)n(-c3cccc(-c4nncn4C(C)C)n3)cnc2cc1C. The standard InChI is InChI=1S/C22H25N7O4S/c1-14(2)28-13-24-26-21(28)17-6-5-7-20(25-17)29-12-23-19-10-15(3)18(11-16(19)22(29)30)27-34(31,32)9-8-33-4/h5-7,10-14,27H,8-9H2,1-4H3. The van der Waals surface area contributed by atoms with Crippen LogP contribution in [-0.4, -0.2) is 57.2 Å². The van der Waals surface area contributed by atoms with Crippen LogP contribution in [0.5, 0.6) is 0 Å². The van der Waals surface area contributed by atoms with E-state index in [4.69, 9.17) is 4.74 Å². The summed E-state index contributed by atoms with van der Waals surface area (Å²) in [4.78, 5) is 22.4. The molecule has 34 heavy (non-hydrogen) atoms. The number of hydrogen-bond donors (Lipinski definition) is 1. The maximum absolute atomic E-state index is 13.4. The Balaban J connectivity index is 1.78. The first-order chi connectivity index (χ1) is 16.2. The van der Waals surface area contributed by atoms with Crippen LogP contribution in [0.1, 0.15) is 25.5 Å². The third kappa shape index (κ3) is 4.68. The maximum atomic E-state index is 13.4. The summed E-state index contributed by atoms with van der Waals surface area (Å²) < 4.78 is 35.3. The monoisotopic (exact) mass is 483 g/mol. The van der Waals surface area contributed by atoms with Gasteiger partial charge in [-0.2, -0.15) is 0 Å². The fourth-order valence-corrected chi connectivity index (χ4v) is 4.49. The molecule has 1 N–H and O–H groups in total. The summed E-state index contributed by atoms with van der Waals surface area (Å²) in [7, 11) is -2.21. The van der Waals surface area contributed by atoms with Crippen molar-refractivity contribution in [1.82, 2.24) is 29.3 Å². The van der Waals surface area contributed by atoms with Crippen molar-refractivity contribution in [2.75, 3.05) is 24.2 Å². The van der Waals surface area contributed by atoms with E-state index in [0.717, 1.165) is 0 Å². The van der Waals surface area contributed by atoms with Gasteiger partial charge in [0.25, 0.3) is 5.56 Å². The smallest absolute Gasteiger partial charge is 0.267 e. The molecule has 0 aliphatic rings. The van der Waals surface area contributed by atoms with Gasteiger partial charge in [-0.05, 0) is 50.6 Å². The quantitative estimate of drug-likeness (QED) is 0.404. The summed E-state index contributed by atoms with van der Waals surface area (Å²) in [5, 5.41) is 8.40. The van der Waals surface area contributed by atoms with Gasteiger partial charge in [-0.25, -0.2) is 18.4 Å². The van der Waals surface area contributed by atoms with Crippen LogP contribution in [0.3, 0.4) is 0 Å². The van der Waals surface area contributed by atoms with Crippen molar-refractivity contribution in [3.8, 4) is 17.3 Å². The largest absolute Gasteiger partial charge is 0.384 e. The second kappa shape index (κ2) is 9.31. The summed E-state index contributed by atoms with van der Waals surface area (Å²) in [6.07, 6.45) is 3.04. The second-order valence-corrected chi connectivity index (χ2v) is 9.90. The zero-order chi connectivity index (χ0) is 24.5. The molecule has 11 nitrogen and oxygen atoms in total. The molecule has 0 unspecified atom stereocenters. The van der Waals surface area contributed by atoms with Gasteiger partial charge in [0.1, 0.15) is 24.2 Å². The van der Waals surface area contributed by atoms with Crippen molar-refractivity contribution < 1.29 is 13.2 Å². The highest BCUT2D eigenvalue weighted by Crippen LogP contribution is 2.23. The third-order valence-corrected chi connectivity index (χ3v) is 6.50. The Morgan fingerprint density at radius 2 is 1.97 bits per heavy atom. The first-order valence-electron chi connectivity index (χ1n) is 10.6. The predicted octanol–water partition coefficient (Wildman–Crippen LogP) is 2.32. The zero-order valence-electron chi connectivity index (χ0n) is 19.3. The molecule has 0 amide bonds. The van der Waals surface area contributed by atoms with Crippen molar-refractivity contribution in [2.45, 2.75) is 26.8 Å². The molecule has 1 aromatic carbocycles. The third-order valence-electron chi connectivity index (χ3n) is 5.27. The van der Waals surface area contributed by atoms with E-state index in [0.29, 0.717) is 34.1 Å². The number of rotatable bonds is 8. The number of nitrogens with zero attached hydrogens (tertiary/aromatic N) is 6. The number of benzene rings is 1. The Kier molecular flexibility index (Phi) is 6.44. The highest BCUT2D eigenvalue weighted by atomic mass is 32.2. The predicted molar refractivity (Wildman–Crippen MR) is 129 cm³/mol. The molecule has 0 saturated carbocycles. The fourth-order valence-electron chi connectivity index (χ4n) is 3.44. The highest BCUT2D eigenvalue weighted by Gasteiger charge is 2.16. The van der Waals surface area contributed by atoms with Crippen LogP contribution >= 0.6 is 0 Å². The van der Waals surface area contributed by atoms with Crippen molar-refractivity contribution in [3.05, 3.63) is 58.9 Å². The van der Waals surface area contributed by atoms with Crippen LogP contribution in [0.25, 0.3) is 28.2 Å². The lowest BCUT2D eigenvalue weighted by molar-refractivity contribution is 0.217. The summed E-state index contributed by atoms with van der Waals surface area (Å²) in [5.41, 5.74) is 1.59. The van der Waals surface area contributed by atoms with E-state index >= 15 is 0 Å². The lowest BCUT2D eigenvalue weighted by Gasteiger charge is -2.13. The average Bonchev–Trinajstić information content (AvgIpc) is 3.29. The van der Waals surface area contributed by atoms with Crippen molar-refractivity contribution >= 4 is 26.6 Å². The van der Waals surface area contributed by atoms with Crippen molar-refractivity contribution in [3.63, 3.8) is 0 Å². The minimum atomic E-state index is -3.64. The zero-order valence-corrected chi connectivity index (χ0v) is 20.1. The molecular weight excluding hydrogens is 458 g/mol. The van der Waals surface area contributed by atoms with Gasteiger partial charge < -0.3 is 9.30 Å². The molecule has 0 fully saturated rings. The van der Waals surface area contributed by atoms with Crippen LogP contribution in [0.4, 0.5) is 5.69 Å². The maximum Gasteiger partial charge on any atom is 0.267 e. The van der Waals surface area contributed by atoms with Gasteiger partial charge in [-0.1, -0.05) is 6.07 Å². The number of ether oxygens (including phenoxy) is 1. The van der Waals surface area contributed by atoms with E-state index in [2.05, 4.69) is 24.9 Å². The van der Waals surface area contributed by atoms with Crippen molar-refractivity contribution in [1.29, 1.82) is 0 Å². The lowest BCUT2D eigenvalue weighted by atomic mass is 10.1. The second-order valence-electron chi connectivity index (χ2n) is 8.05. The summed E-state index contributed by atoms with van der Waals surface area (Å²) in [6, 6.07) is 8.57. The number of nitrogens with one attached hydrogen (secondary N) is 1. The van der Waals surface area contributed by atoms with Gasteiger partial charge in [0, 0.05) is 13.2 Å². The average molecular weight is 484 g/mol. The number of aromatic nitrogens is 6. The Labute approximate surface area is 196 Å². The molecule has 4 aromatic rings. The Bertz CT molecular complexity index is 1510. The summed E-state index contributed by atoms with van der Waals surface area (Å²) >= 11 is 0. The van der Waals surface area contributed by atoms with E-state index < -0.39 is 10.0 Å². The minimum absolute atomic E-state index is 0.0584. The van der Waals surface area contributed by atoms with Crippen LogP contribution in [0.15, 0.2) is 47.8 Å². The molecule has 0 spiro atoms. The number of fused-ring (bicyclic) bond motifs is 1. The van der Waals surface area contributed by atoms with E-state index in [-0.39, 0.29) is 29.3 Å². The molecule has 0 aliphatic carbocycles. The molecule has 0 radical (unpaired) electrons. The van der Waals surface area contributed by atoms with Gasteiger partial charge in [-0.15, -0.1) is 10.2 Å². The van der Waals surface area contributed by atoms with Crippen LogP contribution in [-0.2, 0) is 14.8 Å². The van der Waals surface area contributed by atoms with E-state index in [1.165, 1.54) is 24.1 Å². The van der Waals surface area contributed by atoms with Crippen LogP contribution in [0, 0.1) is 6.92 Å². The molecular formula is C22H25N7O4S. The Morgan fingerprint density at radius 3 is 2.71 bits per heavy atom. The molecule has 0 saturated heterocycles. The number of methoxy groups -OCH3 is 1. The van der Waals surface area contributed by atoms with Gasteiger partial charge in [0.15, 0.2) is 5.82 Å². The molecule has 178 valence electrons. The Morgan fingerprint density at radius 1 is 1.18 bits per heavy atom. The van der Waals surface area contributed by atoms with Crippen LogP contribution in [0.2, 0.25) is 0 Å². The van der Waals surface area contributed by atoms with E-state index in [1.54, 1.807) is 37.5 Å². The summed E-state index contributed by atoms with van der Waals surface area (Å²) in [5.74, 6) is 0.746.